The minimum absolute atomic E-state index is 0.226. The summed E-state index contributed by atoms with van der Waals surface area (Å²) in [7, 11) is 1.72. The third-order valence-electron chi connectivity index (χ3n) is 3.17. The van der Waals surface area contributed by atoms with Crippen molar-refractivity contribution in [1.29, 1.82) is 0 Å². The van der Waals surface area contributed by atoms with Gasteiger partial charge in [-0.05, 0) is 45.4 Å². The van der Waals surface area contributed by atoms with Gasteiger partial charge in [0.25, 0.3) is 0 Å². The van der Waals surface area contributed by atoms with Gasteiger partial charge in [-0.25, -0.2) is 4.79 Å². The molecule has 0 saturated heterocycles. The van der Waals surface area contributed by atoms with Gasteiger partial charge in [0.15, 0.2) is 0 Å². The molecule has 0 heterocycles. The molecule has 0 unspecified atom stereocenters. The van der Waals surface area contributed by atoms with Crippen LogP contribution in [0.3, 0.4) is 0 Å². The van der Waals surface area contributed by atoms with Crippen LogP contribution in [-0.2, 0) is 19.1 Å². The largest absolute Gasteiger partial charge is 0.457 e. The molecule has 0 bridgehead atoms. The van der Waals surface area contributed by atoms with Crippen LogP contribution >= 0.6 is 0 Å². The van der Waals surface area contributed by atoms with E-state index in [2.05, 4.69) is 0 Å². The predicted molar refractivity (Wildman–Crippen MR) is 63.6 cm³/mol. The van der Waals surface area contributed by atoms with Crippen molar-refractivity contribution >= 4 is 11.8 Å². The molecule has 17 heavy (non-hydrogen) atoms. The second kappa shape index (κ2) is 6.74. The summed E-state index contributed by atoms with van der Waals surface area (Å²) in [5, 5.41) is 0. The second-order valence-corrected chi connectivity index (χ2v) is 4.96. The number of ketones is 1. The van der Waals surface area contributed by atoms with Crippen molar-refractivity contribution in [3.63, 3.8) is 0 Å². The van der Waals surface area contributed by atoms with Crippen molar-refractivity contribution < 1.29 is 19.1 Å². The molecule has 0 aromatic carbocycles. The first-order valence-electron chi connectivity index (χ1n) is 6.29. The van der Waals surface area contributed by atoms with E-state index < -0.39 is 5.97 Å². The van der Waals surface area contributed by atoms with E-state index in [1.807, 2.05) is 0 Å². The lowest BCUT2D eigenvalue weighted by Crippen LogP contribution is -2.26. The van der Waals surface area contributed by atoms with Crippen LogP contribution in [-0.4, -0.2) is 31.1 Å². The quantitative estimate of drug-likeness (QED) is 0.547. The molecular formula is C13H22O4. The Balaban J connectivity index is 2.30. The maximum atomic E-state index is 11.6. The molecule has 0 amide bonds. The molecule has 1 aliphatic carbocycles. The summed E-state index contributed by atoms with van der Waals surface area (Å²) in [6.07, 6.45) is 4.29. The van der Waals surface area contributed by atoms with Gasteiger partial charge >= 0.3 is 5.97 Å². The number of esters is 1. The number of carbonyl (C=O) groups is 2. The summed E-state index contributed by atoms with van der Waals surface area (Å²) in [6.45, 7) is 3.49. The number of hydrogen-bond donors (Lipinski definition) is 0. The number of rotatable bonds is 5. The van der Waals surface area contributed by atoms with E-state index in [0.717, 1.165) is 25.7 Å². The van der Waals surface area contributed by atoms with Crippen molar-refractivity contribution in [3.8, 4) is 0 Å². The van der Waals surface area contributed by atoms with Gasteiger partial charge in [0, 0.05) is 13.5 Å². The normalized spacial score (nSPS) is 24.7. The van der Waals surface area contributed by atoms with E-state index in [9.17, 15) is 9.59 Å². The maximum absolute atomic E-state index is 11.6. The third-order valence-corrected chi connectivity index (χ3v) is 3.17. The lowest BCUT2D eigenvalue weighted by molar-refractivity contribution is -0.157. The van der Waals surface area contributed by atoms with Crippen LogP contribution in [0.1, 0.15) is 46.0 Å². The lowest BCUT2D eigenvalue weighted by Gasteiger charge is -2.26. The summed E-state index contributed by atoms with van der Waals surface area (Å²) in [6, 6.07) is 0. The first-order chi connectivity index (χ1) is 8.02. The predicted octanol–water partition coefficient (Wildman–Crippen LogP) is 2.10. The highest BCUT2D eigenvalue weighted by Crippen LogP contribution is 2.28. The summed E-state index contributed by atoms with van der Waals surface area (Å²) >= 11 is 0. The van der Waals surface area contributed by atoms with Crippen LogP contribution in [0.2, 0.25) is 0 Å². The average molecular weight is 242 g/mol. The van der Waals surface area contributed by atoms with Crippen LogP contribution in [0.15, 0.2) is 0 Å². The van der Waals surface area contributed by atoms with Gasteiger partial charge < -0.3 is 9.47 Å². The van der Waals surface area contributed by atoms with Gasteiger partial charge in [-0.15, -0.1) is 0 Å². The van der Waals surface area contributed by atoms with Crippen LogP contribution in [0, 0.1) is 5.92 Å². The van der Waals surface area contributed by atoms with E-state index >= 15 is 0 Å². The Morgan fingerprint density at radius 2 is 1.76 bits per heavy atom. The van der Waals surface area contributed by atoms with Crippen LogP contribution in [0.5, 0.6) is 0 Å². The zero-order chi connectivity index (χ0) is 12.8. The summed E-state index contributed by atoms with van der Waals surface area (Å²) in [5.41, 5.74) is 0. The maximum Gasteiger partial charge on any atom is 0.374 e. The topological polar surface area (TPSA) is 52.6 Å². The minimum Gasteiger partial charge on any atom is -0.457 e. The molecule has 0 aromatic rings. The van der Waals surface area contributed by atoms with E-state index in [0.29, 0.717) is 18.4 Å². The number of hydrogen-bond acceptors (Lipinski definition) is 4. The molecule has 1 rings (SSSR count). The van der Waals surface area contributed by atoms with Gasteiger partial charge in [0.05, 0.1) is 12.2 Å². The fraction of sp³-hybridized carbons (Fsp3) is 0.846. The molecule has 0 aliphatic heterocycles. The highest BCUT2D eigenvalue weighted by molar-refractivity contribution is 6.33. The zero-order valence-corrected chi connectivity index (χ0v) is 10.9. The summed E-state index contributed by atoms with van der Waals surface area (Å²) < 4.78 is 10.2. The molecule has 0 N–H and O–H groups in total. The van der Waals surface area contributed by atoms with Crippen LogP contribution in [0.25, 0.3) is 0 Å². The first kappa shape index (κ1) is 14.2. The molecule has 0 atom stereocenters. The van der Waals surface area contributed by atoms with Crippen molar-refractivity contribution in [2.75, 3.05) is 7.11 Å². The molecule has 1 fully saturated rings. The van der Waals surface area contributed by atoms with Crippen LogP contribution in [0.4, 0.5) is 0 Å². The third kappa shape index (κ3) is 4.86. The average Bonchev–Trinajstić information content (AvgIpc) is 2.29. The molecule has 0 radical (unpaired) electrons. The van der Waals surface area contributed by atoms with E-state index in [-0.39, 0.29) is 11.9 Å². The molecular weight excluding hydrogens is 220 g/mol. The van der Waals surface area contributed by atoms with Crippen molar-refractivity contribution in [2.45, 2.75) is 58.2 Å². The minimum atomic E-state index is -0.686. The van der Waals surface area contributed by atoms with Crippen molar-refractivity contribution in [3.05, 3.63) is 0 Å². The van der Waals surface area contributed by atoms with E-state index in [1.165, 1.54) is 0 Å². The van der Waals surface area contributed by atoms with Gasteiger partial charge in [-0.2, -0.15) is 0 Å². The molecule has 98 valence electrons. The number of ether oxygens (including phenoxy) is 2. The van der Waals surface area contributed by atoms with Gasteiger partial charge in [0.1, 0.15) is 0 Å². The number of Topliss-reactive ketones (excluding diaryl/α,β-unsaturated/α-hetero) is 1. The fourth-order valence-electron chi connectivity index (χ4n) is 2.20. The van der Waals surface area contributed by atoms with Gasteiger partial charge in [-0.3, -0.25) is 4.79 Å². The molecule has 0 aromatic heterocycles. The van der Waals surface area contributed by atoms with Gasteiger partial charge in [0.2, 0.25) is 5.78 Å². The molecule has 1 saturated carbocycles. The summed E-state index contributed by atoms with van der Waals surface area (Å²) in [4.78, 5) is 22.9. The van der Waals surface area contributed by atoms with E-state index in [1.54, 1.807) is 21.0 Å². The zero-order valence-electron chi connectivity index (χ0n) is 10.9. The second-order valence-electron chi connectivity index (χ2n) is 4.96. The summed E-state index contributed by atoms with van der Waals surface area (Å²) in [5.74, 6) is -0.762. The standard InChI is InChI=1S/C13H22O4/c1-9(2)17-13(15)12(14)8-10-4-6-11(16-3)7-5-10/h9-11H,4-8H2,1-3H3. The number of methoxy groups -OCH3 is 1. The number of carbonyl (C=O) groups excluding carboxylic acids is 2. The first-order valence-corrected chi connectivity index (χ1v) is 6.29. The van der Waals surface area contributed by atoms with Crippen molar-refractivity contribution in [2.24, 2.45) is 5.92 Å². The van der Waals surface area contributed by atoms with Crippen LogP contribution < -0.4 is 0 Å². The fourth-order valence-corrected chi connectivity index (χ4v) is 2.20. The van der Waals surface area contributed by atoms with E-state index in [4.69, 9.17) is 9.47 Å². The molecule has 4 nitrogen and oxygen atoms in total. The highest BCUT2D eigenvalue weighted by atomic mass is 16.5. The SMILES string of the molecule is COC1CCC(CC(=O)C(=O)OC(C)C)CC1. The molecule has 0 spiro atoms. The Labute approximate surface area is 103 Å². The Kier molecular flexibility index (Phi) is 5.62. The highest BCUT2D eigenvalue weighted by Gasteiger charge is 2.26. The lowest BCUT2D eigenvalue weighted by atomic mass is 9.84. The molecule has 4 heteroatoms. The Hall–Kier alpha value is -0.900. The Bertz CT molecular complexity index is 265. The Morgan fingerprint density at radius 3 is 2.24 bits per heavy atom. The monoisotopic (exact) mass is 242 g/mol. The van der Waals surface area contributed by atoms with Crippen molar-refractivity contribution in [1.82, 2.24) is 0 Å². The van der Waals surface area contributed by atoms with Gasteiger partial charge in [-0.1, -0.05) is 0 Å². The molecule has 1 aliphatic rings. The smallest absolute Gasteiger partial charge is 0.374 e. The Morgan fingerprint density at radius 1 is 1.18 bits per heavy atom.